The van der Waals surface area contributed by atoms with Gasteiger partial charge in [0.05, 0.1) is 16.9 Å². The molecule has 0 amide bonds. The summed E-state index contributed by atoms with van der Waals surface area (Å²) in [6, 6.07) is 5.19. The third-order valence-electron chi connectivity index (χ3n) is 3.03. The van der Waals surface area contributed by atoms with Crippen molar-refractivity contribution in [2.45, 2.75) is 26.7 Å². The lowest BCUT2D eigenvalue weighted by Crippen LogP contribution is -2.26. The molecule has 0 aliphatic rings. The van der Waals surface area contributed by atoms with Gasteiger partial charge in [-0.25, -0.2) is 0 Å². The molecule has 5 nitrogen and oxygen atoms in total. The van der Waals surface area contributed by atoms with E-state index < -0.39 is 0 Å². The maximum atomic E-state index is 6.14. The molecule has 1 heterocycles. The van der Waals surface area contributed by atoms with Gasteiger partial charge in [-0.1, -0.05) is 37.0 Å². The molecule has 0 atom stereocenters. The van der Waals surface area contributed by atoms with Gasteiger partial charge in [-0.15, -0.1) is 5.10 Å². The van der Waals surface area contributed by atoms with Gasteiger partial charge < -0.3 is 10.2 Å². The Morgan fingerprint density at radius 1 is 1.14 bits per heavy atom. The molecule has 0 fully saturated rings. The third kappa shape index (κ3) is 4.45. The SMILES string of the molecule is CCCN(CCC)c1cnnc(Nc2cc(Cl)ccc2Cl)n1. The molecule has 0 saturated heterocycles. The molecule has 1 aromatic heterocycles. The first-order valence-corrected chi connectivity index (χ1v) is 8.06. The van der Waals surface area contributed by atoms with Gasteiger partial charge >= 0.3 is 0 Å². The fourth-order valence-electron chi connectivity index (χ4n) is 2.09. The zero-order valence-electron chi connectivity index (χ0n) is 12.7. The van der Waals surface area contributed by atoms with Crippen molar-refractivity contribution in [3.05, 3.63) is 34.4 Å². The second kappa shape index (κ2) is 8.15. The van der Waals surface area contributed by atoms with E-state index in [0.29, 0.717) is 21.7 Å². The highest BCUT2D eigenvalue weighted by molar-refractivity contribution is 6.35. The maximum Gasteiger partial charge on any atom is 0.249 e. The lowest BCUT2D eigenvalue weighted by Gasteiger charge is -2.22. The topological polar surface area (TPSA) is 53.9 Å². The second-order valence-electron chi connectivity index (χ2n) is 4.87. The van der Waals surface area contributed by atoms with E-state index in [4.69, 9.17) is 23.2 Å². The van der Waals surface area contributed by atoms with Crippen molar-refractivity contribution < 1.29 is 0 Å². The van der Waals surface area contributed by atoms with Gasteiger partial charge in [-0.3, -0.25) is 0 Å². The molecule has 0 radical (unpaired) electrons. The summed E-state index contributed by atoms with van der Waals surface area (Å²) in [6.07, 6.45) is 3.77. The average molecular weight is 340 g/mol. The minimum atomic E-state index is 0.402. The van der Waals surface area contributed by atoms with Crippen LogP contribution in [0.4, 0.5) is 17.5 Å². The van der Waals surface area contributed by atoms with Crippen molar-refractivity contribution in [2.75, 3.05) is 23.3 Å². The van der Waals surface area contributed by atoms with Gasteiger partial charge in [0.1, 0.15) is 0 Å². The van der Waals surface area contributed by atoms with Gasteiger partial charge in [0.15, 0.2) is 5.82 Å². The summed E-state index contributed by atoms with van der Waals surface area (Å²) in [5, 5.41) is 12.2. The van der Waals surface area contributed by atoms with Crippen LogP contribution in [0.3, 0.4) is 0 Å². The molecule has 0 saturated carbocycles. The molecule has 2 aromatic rings. The van der Waals surface area contributed by atoms with Crippen molar-refractivity contribution >= 4 is 40.7 Å². The highest BCUT2D eigenvalue weighted by Crippen LogP contribution is 2.27. The van der Waals surface area contributed by atoms with Gasteiger partial charge in [-0.05, 0) is 31.0 Å². The van der Waals surface area contributed by atoms with Crippen LogP contribution in [-0.4, -0.2) is 28.3 Å². The molecular weight excluding hydrogens is 321 g/mol. The van der Waals surface area contributed by atoms with Crippen LogP contribution in [0.2, 0.25) is 10.0 Å². The fraction of sp³-hybridized carbons (Fsp3) is 0.400. The molecule has 0 unspecified atom stereocenters. The molecule has 0 spiro atoms. The van der Waals surface area contributed by atoms with Crippen molar-refractivity contribution in [1.82, 2.24) is 15.2 Å². The summed E-state index contributed by atoms with van der Waals surface area (Å²) >= 11 is 12.1. The minimum Gasteiger partial charge on any atom is -0.355 e. The van der Waals surface area contributed by atoms with Gasteiger partial charge in [0.25, 0.3) is 0 Å². The van der Waals surface area contributed by atoms with Crippen LogP contribution in [0.25, 0.3) is 0 Å². The molecule has 1 aromatic carbocycles. The summed E-state index contributed by atoms with van der Waals surface area (Å²) in [4.78, 5) is 6.71. The van der Waals surface area contributed by atoms with Gasteiger partial charge in [-0.2, -0.15) is 10.1 Å². The van der Waals surface area contributed by atoms with Crippen LogP contribution in [0.5, 0.6) is 0 Å². The van der Waals surface area contributed by atoms with E-state index in [0.717, 1.165) is 31.7 Å². The molecule has 0 bridgehead atoms. The van der Waals surface area contributed by atoms with Gasteiger partial charge in [0.2, 0.25) is 5.95 Å². The van der Waals surface area contributed by atoms with E-state index >= 15 is 0 Å². The average Bonchev–Trinajstić information content (AvgIpc) is 2.51. The zero-order valence-corrected chi connectivity index (χ0v) is 14.2. The smallest absolute Gasteiger partial charge is 0.249 e. The summed E-state index contributed by atoms with van der Waals surface area (Å²) in [6.45, 7) is 6.15. The van der Waals surface area contributed by atoms with Crippen LogP contribution in [0, 0.1) is 0 Å². The number of benzene rings is 1. The zero-order chi connectivity index (χ0) is 15.9. The van der Waals surface area contributed by atoms with E-state index in [1.165, 1.54) is 0 Å². The molecule has 118 valence electrons. The van der Waals surface area contributed by atoms with Crippen molar-refractivity contribution in [1.29, 1.82) is 0 Å². The first-order valence-electron chi connectivity index (χ1n) is 7.30. The van der Waals surface area contributed by atoms with Crippen LogP contribution in [-0.2, 0) is 0 Å². The van der Waals surface area contributed by atoms with E-state index in [1.807, 2.05) is 0 Å². The fourth-order valence-corrected chi connectivity index (χ4v) is 2.43. The molecular formula is C15H19Cl2N5. The monoisotopic (exact) mass is 339 g/mol. The lowest BCUT2D eigenvalue weighted by molar-refractivity contribution is 0.728. The molecule has 0 aliphatic heterocycles. The largest absolute Gasteiger partial charge is 0.355 e. The first-order chi connectivity index (χ1) is 10.6. The predicted octanol–water partition coefficient (Wildman–Crippen LogP) is 4.55. The van der Waals surface area contributed by atoms with E-state index in [-0.39, 0.29) is 0 Å². The van der Waals surface area contributed by atoms with E-state index in [1.54, 1.807) is 24.4 Å². The Labute approximate surface area is 140 Å². The maximum absolute atomic E-state index is 6.14. The Bertz CT molecular complexity index is 615. The standard InChI is InChI=1S/C15H19Cl2N5/c1-3-7-22(8-4-2)14-10-18-21-15(20-14)19-13-9-11(16)5-6-12(13)17/h5-6,9-10H,3-4,7-8H2,1-2H3,(H,19,20,21). The summed E-state index contributed by atoms with van der Waals surface area (Å²) in [5.41, 5.74) is 0.658. The van der Waals surface area contributed by atoms with Crippen LogP contribution in [0.15, 0.2) is 24.4 Å². The summed E-state index contributed by atoms with van der Waals surface area (Å²) in [5.74, 6) is 1.21. The number of hydrogen-bond donors (Lipinski definition) is 1. The van der Waals surface area contributed by atoms with Crippen molar-refractivity contribution in [3.8, 4) is 0 Å². The molecule has 0 aliphatic carbocycles. The number of anilines is 3. The van der Waals surface area contributed by atoms with Crippen molar-refractivity contribution in [3.63, 3.8) is 0 Å². The minimum absolute atomic E-state index is 0.402. The summed E-state index contributed by atoms with van der Waals surface area (Å²) in [7, 11) is 0. The van der Waals surface area contributed by atoms with Crippen LogP contribution in [0.1, 0.15) is 26.7 Å². The first kappa shape index (κ1) is 16.8. The Hall–Kier alpha value is -1.59. The van der Waals surface area contributed by atoms with E-state index in [9.17, 15) is 0 Å². The highest BCUT2D eigenvalue weighted by Gasteiger charge is 2.10. The number of nitrogens with zero attached hydrogens (tertiary/aromatic N) is 4. The molecule has 2 rings (SSSR count). The number of nitrogens with one attached hydrogen (secondary N) is 1. The second-order valence-corrected chi connectivity index (χ2v) is 5.72. The molecule has 22 heavy (non-hydrogen) atoms. The normalized spacial score (nSPS) is 10.5. The molecule has 1 N–H and O–H groups in total. The number of halogens is 2. The van der Waals surface area contributed by atoms with E-state index in [2.05, 4.69) is 39.2 Å². The highest BCUT2D eigenvalue weighted by atomic mass is 35.5. The van der Waals surface area contributed by atoms with Crippen molar-refractivity contribution in [2.24, 2.45) is 0 Å². The number of aromatic nitrogens is 3. The molecule has 7 heteroatoms. The quantitative estimate of drug-likeness (QED) is 0.801. The Kier molecular flexibility index (Phi) is 6.21. The Morgan fingerprint density at radius 3 is 2.55 bits per heavy atom. The lowest BCUT2D eigenvalue weighted by atomic mass is 10.3. The van der Waals surface area contributed by atoms with Crippen LogP contribution < -0.4 is 10.2 Å². The Morgan fingerprint density at radius 2 is 1.86 bits per heavy atom. The van der Waals surface area contributed by atoms with Gasteiger partial charge in [0, 0.05) is 18.1 Å². The summed E-state index contributed by atoms with van der Waals surface area (Å²) < 4.78 is 0. The predicted molar refractivity (Wildman–Crippen MR) is 92.4 cm³/mol. The Balaban J connectivity index is 2.22. The third-order valence-corrected chi connectivity index (χ3v) is 3.60. The number of hydrogen-bond acceptors (Lipinski definition) is 5. The number of rotatable bonds is 7. The van der Waals surface area contributed by atoms with Crippen LogP contribution >= 0.6 is 23.2 Å².